The van der Waals surface area contributed by atoms with Crippen molar-refractivity contribution in [3.63, 3.8) is 0 Å². The van der Waals surface area contributed by atoms with Crippen molar-refractivity contribution in [2.45, 2.75) is 41.0 Å². The van der Waals surface area contributed by atoms with Crippen LogP contribution >= 0.6 is 0 Å². The van der Waals surface area contributed by atoms with Crippen molar-refractivity contribution < 1.29 is 0 Å². The summed E-state index contributed by atoms with van der Waals surface area (Å²) in [5.41, 5.74) is 11.5. The highest BCUT2D eigenvalue weighted by Crippen LogP contribution is 2.44. The van der Waals surface area contributed by atoms with E-state index >= 15 is 0 Å². The molecule has 0 fully saturated rings. The first-order valence-electron chi connectivity index (χ1n) is 12.9. The fourth-order valence-electron chi connectivity index (χ4n) is 6.33. The van der Waals surface area contributed by atoms with Crippen LogP contribution in [0.1, 0.15) is 37.5 Å². The van der Waals surface area contributed by atoms with Crippen molar-refractivity contribution >= 4 is 49.0 Å². The predicted octanol–water partition coefficient (Wildman–Crippen LogP) is 9.26. The lowest BCUT2D eigenvalue weighted by molar-refractivity contribution is 0.411. The summed E-state index contributed by atoms with van der Waals surface area (Å²) in [7, 11) is 0. The smallest absolute Gasteiger partial charge is 0.0823 e. The molecule has 7 rings (SSSR count). The van der Waals surface area contributed by atoms with Gasteiger partial charge < -0.3 is 4.40 Å². The number of fused-ring (bicyclic) bond motifs is 6. The Morgan fingerprint density at radius 2 is 1.53 bits per heavy atom. The van der Waals surface area contributed by atoms with Crippen LogP contribution < -0.4 is 0 Å². The van der Waals surface area contributed by atoms with Gasteiger partial charge in [-0.1, -0.05) is 80.9 Å². The van der Waals surface area contributed by atoms with E-state index < -0.39 is 0 Å². The molecule has 36 heavy (non-hydrogen) atoms. The van der Waals surface area contributed by atoms with Crippen molar-refractivity contribution in [2.24, 2.45) is 5.41 Å². The zero-order valence-corrected chi connectivity index (χ0v) is 21.6. The van der Waals surface area contributed by atoms with E-state index in [1.54, 1.807) is 0 Å². The second kappa shape index (κ2) is 7.30. The van der Waals surface area contributed by atoms with E-state index in [0.717, 1.165) is 11.9 Å². The summed E-state index contributed by atoms with van der Waals surface area (Å²) >= 11 is 0. The molecule has 0 bridgehead atoms. The number of aromatic nitrogens is 2. The standard InChI is InChI=1S/C34H30N2/c1-20-15-21(2)32-27(16-20)31-30-24(28(19-35-31)23-9-7-6-8-10-23)12-13-25-26-17-22(18-34(3,4)5)11-14-29(26)36(32)33(25)30/h6-17,19H,18H2,1-5H3. The van der Waals surface area contributed by atoms with Gasteiger partial charge in [0.05, 0.1) is 22.1 Å². The van der Waals surface area contributed by atoms with Crippen molar-refractivity contribution in [3.8, 4) is 11.1 Å². The molecular formula is C34H30N2. The summed E-state index contributed by atoms with van der Waals surface area (Å²) < 4.78 is 2.52. The van der Waals surface area contributed by atoms with Crippen LogP contribution in [0.25, 0.3) is 60.1 Å². The molecule has 4 aromatic carbocycles. The number of hydrogen-bond donors (Lipinski definition) is 0. The number of benzene rings is 4. The Morgan fingerprint density at radius 1 is 0.750 bits per heavy atom. The van der Waals surface area contributed by atoms with Gasteiger partial charge in [0.1, 0.15) is 0 Å². The van der Waals surface area contributed by atoms with E-state index in [-0.39, 0.29) is 5.41 Å². The highest BCUT2D eigenvalue weighted by Gasteiger charge is 2.22. The third-order valence-electron chi connectivity index (χ3n) is 7.59. The second-order valence-electron chi connectivity index (χ2n) is 11.7. The topological polar surface area (TPSA) is 17.3 Å². The molecule has 0 atom stereocenters. The Balaban J connectivity index is 1.72. The molecule has 7 aromatic rings. The SMILES string of the molecule is Cc1cc(C)c2c(c1)c1ncc(-c3ccccc3)c3ccc4c5cc(CC(C)(C)C)ccc5n2c4c31. The van der Waals surface area contributed by atoms with Gasteiger partial charge in [-0.25, -0.2) is 0 Å². The number of pyridine rings is 2. The van der Waals surface area contributed by atoms with Crippen LogP contribution in [0.3, 0.4) is 0 Å². The van der Waals surface area contributed by atoms with Crippen LogP contribution in [0.4, 0.5) is 0 Å². The summed E-state index contributed by atoms with van der Waals surface area (Å²) in [6, 6.07) is 27.0. The van der Waals surface area contributed by atoms with Gasteiger partial charge in [-0.3, -0.25) is 4.98 Å². The maximum Gasteiger partial charge on any atom is 0.0823 e. The predicted molar refractivity (Wildman–Crippen MR) is 154 cm³/mol. The minimum atomic E-state index is 0.245. The van der Waals surface area contributed by atoms with Gasteiger partial charge in [-0.2, -0.15) is 0 Å². The van der Waals surface area contributed by atoms with E-state index in [4.69, 9.17) is 4.98 Å². The molecule has 0 unspecified atom stereocenters. The van der Waals surface area contributed by atoms with Gasteiger partial charge in [0.2, 0.25) is 0 Å². The Morgan fingerprint density at radius 3 is 2.31 bits per heavy atom. The molecule has 3 aromatic heterocycles. The van der Waals surface area contributed by atoms with Crippen LogP contribution in [0.2, 0.25) is 0 Å². The first-order valence-corrected chi connectivity index (χ1v) is 12.9. The van der Waals surface area contributed by atoms with Gasteiger partial charge in [0.25, 0.3) is 0 Å². The molecule has 0 aliphatic rings. The maximum atomic E-state index is 5.14. The molecule has 0 radical (unpaired) electrons. The number of nitrogens with zero attached hydrogens (tertiary/aromatic N) is 2. The Kier molecular flexibility index (Phi) is 4.34. The first kappa shape index (κ1) is 21.4. The third-order valence-corrected chi connectivity index (χ3v) is 7.59. The Hall–Kier alpha value is -3.91. The fourth-order valence-corrected chi connectivity index (χ4v) is 6.33. The summed E-state index contributed by atoms with van der Waals surface area (Å²) in [5, 5.41) is 6.40. The molecule has 0 N–H and O–H groups in total. The third kappa shape index (κ3) is 3.00. The van der Waals surface area contributed by atoms with Crippen molar-refractivity contribution in [1.29, 1.82) is 0 Å². The summed E-state index contributed by atoms with van der Waals surface area (Å²) in [6.07, 6.45) is 3.13. The summed E-state index contributed by atoms with van der Waals surface area (Å²) in [4.78, 5) is 5.14. The van der Waals surface area contributed by atoms with E-state index in [1.807, 2.05) is 0 Å². The van der Waals surface area contributed by atoms with Crippen LogP contribution in [-0.2, 0) is 6.42 Å². The van der Waals surface area contributed by atoms with Gasteiger partial charge in [-0.05, 0) is 66.0 Å². The lowest BCUT2D eigenvalue weighted by atomic mass is 9.88. The van der Waals surface area contributed by atoms with Crippen LogP contribution in [0, 0.1) is 19.3 Å². The van der Waals surface area contributed by atoms with Crippen LogP contribution in [0.15, 0.2) is 79.0 Å². The molecule has 0 spiro atoms. The maximum absolute atomic E-state index is 5.14. The van der Waals surface area contributed by atoms with E-state index in [9.17, 15) is 0 Å². The van der Waals surface area contributed by atoms with E-state index in [0.29, 0.717) is 0 Å². The van der Waals surface area contributed by atoms with Crippen LogP contribution in [0.5, 0.6) is 0 Å². The normalized spacial score (nSPS) is 12.7. The Labute approximate surface area is 211 Å². The van der Waals surface area contributed by atoms with Crippen LogP contribution in [-0.4, -0.2) is 9.38 Å². The van der Waals surface area contributed by atoms with Gasteiger partial charge in [0, 0.05) is 33.3 Å². The van der Waals surface area contributed by atoms with Crippen molar-refractivity contribution in [3.05, 3.63) is 95.7 Å². The quantitative estimate of drug-likeness (QED) is 0.183. The van der Waals surface area contributed by atoms with E-state index in [1.165, 1.54) is 71.3 Å². The van der Waals surface area contributed by atoms with Crippen molar-refractivity contribution in [2.75, 3.05) is 0 Å². The second-order valence-corrected chi connectivity index (χ2v) is 11.7. The molecule has 0 aliphatic heterocycles. The number of hydrogen-bond acceptors (Lipinski definition) is 1. The lowest BCUT2D eigenvalue weighted by Gasteiger charge is -2.18. The summed E-state index contributed by atoms with van der Waals surface area (Å²) in [6.45, 7) is 11.4. The molecule has 2 heteroatoms. The molecule has 3 heterocycles. The molecule has 176 valence electrons. The Bertz CT molecular complexity index is 1950. The summed E-state index contributed by atoms with van der Waals surface area (Å²) in [5.74, 6) is 0. The van der Waals surface area contributed by atoms with Crippen molar-refractivity contribution in [1.82, 2.24) is 9.38 Å². The minimum absolute atomic E-state index is 0.245. The lowest BCUT2D eigenvalue weighted by Crippen LogP contribution is -2.08. The largest absolute Gasteiger partial charge is 0.308 e. The van der Waals surface area contributed by atoms with Gasteiger partial charge in [0.15, 0.2) is 0 Å². The number of aryl methyl sites for hydroxylation is 2. The average molecular weight is 467 g/mol. The first-order chi connectivity index (χ1) is 17.3. The minimum Gasteiger partial charge on any atom is -0.308 e. The highest BCUT2D eigenvalue weighted by atomic mass is 14.9. The zero-order valence-electron chi connectivity index (χ0n) is 21.6. The zero-order chi connectivity index (χ0) is 24.8. The molecule has 0 aliphatic carbocycles. The van der Waals surface area contributed by atoms with E-state index in [2.05, 4.69) is 118 Å². The van der Waals surface area contributed by atoms with Gasteiger partial charge in [-0.15, -0.1) is 0 Å². The molecule has 0 saturated carbocycles. The van der Waals surface area contributed by atoms with Gasteiger partial charge >= 0.3 is 0 Å². The fraction of sp³-hybridized carbons (Fsp3) is 0.206. The average Bonchev–Trinajstić information content (AvgIpc) is 3.16. The molecule has 0 amide bonds. The molecular weight excluding hydrogens is 436 g/mol. The monoisotopic (exact) mass is 466 g/mol. The molecule has 2 nitrogen and oxygen atoms in total. The molecule has 0 saturated heterocycles. The number of rotatable bonds is 2. The highest BCUT2D eigenvalue weighted by molar-refractivity contribution is 6.29.